The maximum Gasteiger partial charge on any atom is 0.225 e. The summed E-state index contributed by atoms with van der Waals surface area (Å²) in [7, 11) is 0. The zero-order valence-corrected chi connectivity index (χ0v) is 21.6. The molecule has 0 saturated heterocycles. The minimum atomic E-state index is -1.22. The third-order valence-electron chi connectivity index (χ3n) is 6.32. The summed E-state index contributed by atoms with van der Waals surface area (Å²) < 4.78 is 42.0. The first-order valence-electron chi connectivity index (χ1n) is 12.0. The van der Waals surface area contributed by atoms with Gasteiger partial charge in [0.25, 0.3) is 0 Å². The highest BCUT2D eigenvalue weighted by molar-refractivity contribution is 7.21. The molecule has 4 rings (SSSR count). The molecule has 3 aromatic heterocycles. The van der Waals surface area contributed by atoms with E-state index in [1.807, 2.05) is 19.9 Å². The molecular weight excluding hydrogens is 485 g/mol. The number of nitrogens with one attached hydrogen (secondary N) is 2. The van der Waals surface area contributed by atoms with E-state index in [0.29, 0.717) is 23.5 Å². The molecule has 2 N–H and O–H groups in total. The summed E-state index contributed by atoms with van der Waals surface area (Å²) in [6.45, 7) is 8.79. The van der Waals surface area contributed by atoms with Gasteiger partial charge in [-0.1, -0.05) is 26.7 Å². The summed E-state index contributed by atoms with van der Waals surface area (Å²) >= 11 is 1.54. The van der Waals surface area contributed by atoms with Crippen LogP contribution in [0.2, 0.25) is 0 Å². The molecule has 10 heteroatoms. The largest absolute Gasteiger partial charge is 0.369 e. The molecule has 0 unspecified atom stereocenters. The van der Waals surface area contributed by atoms with Crippen molar-refractivity contribution < 1.29 is 13.2 Å². The first kappa shape index (κ1) is 25.8. The van der Waals surface area contributed by atoms with Crippen molar-refractivity contribution in [2.45, 2.75) is 53.5 Å². The maximum absolute atomic E-state index is 14.1. The standard InChI is InChI=1S/C26H29F3N6S/c1-5-16(6-2)7-9-31-24-22(25-34-23-15(4)30-10-8-21(23)36-25)14(3)33-26(35-24)32-13-17-11-19(28)20(29)12-18(17)27/h8,10-12,16H,5-7,9,13H2,1-4H3,(H2,31,32,33,35). The SMILES string of the molecule is CCC(CC)CCNc1nc(NCc2cc(F)c(F)cc2F)nc(C)c1-c1nc2c(C)nccc2s1. The number of hydrogen-bond acceptors (Lipinski definition) is 7. The Balaban J connectivity index is 1.67. The number of aryl methyl sites for hydroxylation is 2. The first-order valence-corrected chi connectivity index (χ1v) is 12.8. The normalized spacial score (nSPS) is 11.4. The molecule has 0 aliphatic carbocycles. The monoisotopic (exact) mass is 514 g/mol. The minimum Gasteiger partial charge on any atom is -0.369 e. The maximum atomic E-state index is 14.1. The second-order valence-corrected chi connectivity index (χ2v) is 9.76. The van der Waals surface area contributed by atoms with Gasteiger partial charge >= 0.3 is 0 Å². The van der Waals surface area contributed by atoms with Gasteiger partial charge in [-0.15, -0.1) is 11.3 Å². The molecule has 6 nitrogen and oxygen atoms in total. The van der Waals surface area contributed by atoms with E-state index < -0.39 is 17.5 Å². The highest BCUT2D eigenvalue weighted by Gasteiger charge is 2.19. The van der Waals surface area contributed by atoms with Gasteiger partial charge in [0.05, 0.1) is 21.7 Å². The predicted molar refractivity (Wildman–Crippen MR) is 139 cm³/mol. The molecule has 1 aromatic carbocycles. The number of halogens is 3. The van der Waals surface area contributed by atoms with Crippen LogP contribution in [0.1, 0.15) is 50.1 Å². The van der Waals surface area contributed by atoms with Gasteiger partial charge in [-0.05, 0) is 38.3 Å². The number of thiazole rings is 1. The average molecular weight is 515 g/mol. The highest BCUT2D eigenvalue weighted by Crippen LogP contribution is 2.36. The van der Waals surface area contributed by atoms with Crippen LogP contribution in [0.25, 0.3) is 20.8 Å². The molecule has 0 amide bonds. The first-order chi connectivity index (χ1) is 17.3. The fourth-order valence-electron chi connectivity index (χ4n) is 4.09. The number of hydrogen-bond donors (Lipinski definition) is 2. The summed E-state index contributed by atoms with van der Waals surface area (Å²) in [5.41, 5.74) is 3.16. The summed E-state index contributed by atoms with van der Waals surface area (Å²) in [6.07, 6.45) is 4.96. The van der Waals surface area contributed by atoms with Crippen LogP contribution in [0.4, 0.5) is 24.9 Å². The van der Waals surface area contributed by atoms with Crippen LogP contribution >= 0.6 is 11.3 Å². The lowest BCUT2D eigenvalue weighted by atomic mass is 10.00. The Morgan fingerprint density at radius 3 is 2.39 bits per heavy atom. The topological polar surface area (TPSA) is 75.6 Å². The molecule has 190 valence electrons. The van der Waals surface area contributed by atoms with Crippen molar-refractivity contribution in [2.24, 2.45) is 5.92 Å². The fraction of sp³-hybridized carbons (Fsp3) is 0.385. The number of anilines is 2. The lowest BCUT2D eigenvalue weighted by Crippen LogP contribution is -2.13. The van der Waals surface area contributed by atoms with Crippen LogP contribution in [0.5, 0.6) is 0 Å². The third kappa shape index (κ3) is 5.59. The number of fused-ring (bicyclic) bond motifs is 1. The molecule has 36 heavy (non-hydrogen) atoms. The number of nitrogens with zero attached hydrogens (tertiary/aromatic N) is 4. The van der Waals surface area contributed by atoms with Crippen molar-refractivity contribution in [3.8, 4) is 10.6 Å². The van der Waals surface area contributed by atoms with Crippen molar-refractivity contribution in [1.82, 2.24) is 19.9 Å². The molecule has 0 aliphatic heterocycles. The van der Waals surface area contributed by atoms with Crippen LogP contribution in [0.15, 0.2) is 24.4 Å². The molecule has 0 fully saturated rings. The predicted octanol–water partition coefficient (Wildman–Crippen LogP) is 7.03. The van der Waals surface area contributed by atoms with Crippen molar-refractivity contribution in [3.63, 3.8) is 0 Å². The van der Waals surface area contributed by atoms with E-state index in [1.165, 1.54) is 0 Å². The molecule has 0 atom stereocenters. The van der Waals surface area contributed by atoms with Crippen LogP contribution in [0.3, 0.4) is 0 Å². The molecular formula is C26H29F3N6S. The number of rotatable bonds is 10. The van der Waals surface area contributed by atoms with Crippen molar-refractivity contribution >= 4 is 33.3 Å². The van der Waals surface area contributed by atoms with E-state index >= 15 is 0 Å². The van der Waals surface area contributed by atoms with Gasteiger partial charge < -0.3 is 10.6 Å². The minimum absolute atomic E-state index is 0.0170. The third-order valence-corrected chi connectivity index (χ3v) is 7.36. The Hall–Kier alpha value is -3.27. The van der Waals surface area contributed by atoms with Gasteiger partial charge in [-0.25, -0.2) is 23.1 Å². The van der Waals surface area contributed by atoms with E-state index in [0.717, 1.165) is 58.4 Å². The van der Waals surface area contributed by atoms with E-state index in [1.54, 1.807) is 17.5 Å². The van der Waals surface area contributed by atoms with Crippen LogP contribution in [-0.4, -0.2) is 26.5 Å². The van der Waals surface area contributed by atoms with Gasteiger partial charge in [0.15, 0.2) is 11.6 Å². The smallest absolute Gasteiger partial charge is 0.225 e. The van der Waals surface area contributed by atoms with Crippen LogP contribution < -0.4 is 10.6 Å². The summed E-state index contributed by atoms with van der Waals surface area (Å²) in [4.78, 5) is 18.4. The summed E-state index contributed by atoms with van der Waals surface area (Å²) in [6, 6.07) is 3.31. The highest BCUT2D eigenvalue weighted by atomic mass is 32.1. The Bertz CT molecular complexity index is 1370. The lowest BCUT2D eigenvalue weighted by Gasteiger charge is -2.16. The molecule has 0 spiro atoms. The van der Waals surface area contributed by atoms with E-state index in [-0.39, 0.29) is 18.1 Å². The van der Waals surface area contributed by atoms with Crippen LogP contribution in [0, 0.1) is 37.2 Å². The Labute approximate surface area is 212 Å². The van der Waals surface area contributed by atoms with Gasteiger partial charge in [-0.2, -0.15) is 4.98 Å². The number of aromatic nitrogens is 4. The molecule has 4 aromatic rings. The molecule has 0 aliphatic rings. The van der Waals surface area contributed by atoms with E-state index in [9.17, 15) is 13.2 Å². The van der Waals surface area contributed by atoms with Gasteiger partial charge in [0.2, 0.25) is 5.95 Å². The Morgan fingerprint density at radius 1 is 0.917 bits per heavy atom. The zero-order valence-electron chi connectivity index (χ0n) is 20.8. The second-order valence-electron chi connectivity index (χ2n) is 8.73. The van der Waals surface area contributed by atoms with Crippen molar-refractivity contribution in [1.29, 1.82) is 0 Å². The van der Waals surface area contributed by atoms with E-state index in [4.69, 9.17) is 4.98 Å². The van der Waals surface area contributed by atoms with E-state index in [2.05, 4.69) is 39.4 Å². The Morgan fingerprint density at radius 2 is 1.67 bits per heavy atom. The summed E-state index contributed by atoms with van der Waals surface area (Å²) in [5, 5.41) is 7.18. The number of pyridine rings is 1. The van der Waals surface area contributed by atoms with Crippen LogP contribution in [-0.2, 0) is 6.54 Å². The fourth-order valence-corrected chi connectivity index (χ4v) is 5.20. The summed E-state index contributed by atoms with van der Waals surface area (Å²) in [5.74, 6) is -1.69. The molecule has 0 saturated carbocycles. The second kappa shape index (κ2) is 11.2. The molecule has 3 heterocycles. The average Bonchev–Trinajstić information content (AvgIpc) is 3.28. The number of benzene rings is 1. The van der Waals surface area contributed by atoms with Gasteiger partial charge in [0, 0.05) is 30.9 Å². The molecule has 0 radical (unpaired) electrons. The quantitative estimate of drug-likeness (QED) is 0.221. The van der Waals surface area contributed by atoms with Crippen molar-refractivity contribution in [2.75, 3.05) is 17.2 Å². The molecule has 0 bridgehead atoms. The zero-order chi connectivity index (χ0) is 25.8. The van der Waals surface area contributed by atoms with Gasteiger partial charge in [-0.3, -0.25) is 4.98 Å². The van der Waals surface area contributed by atoms with Crippen molar-refractivity contribution in [3.05, 3.63) is 58.8 Å². The van der Waals surface area contributed by atoms with Gasteiger partial charge in [0.1, 0.15) is 22.2 Å². The lowest BCUT2D eigenvalue weighted by molar-refractivity contribution is 0.468. The Kier molecular flexibility index (Phi) is 8.03.